The van der Waals surface area contributed by atoms with Gasteiger partial charge >= 0.3 is 0 Å². The van der Waals surface area contributed by atoms with Crippen molar-refractivity contribution in [3.8, 4) is 0 Å². The number of nitrogens with one attached hydrogen (secondary N) is 1. The van der Waals surface area contributed by atoms with Crippen LogP contribution < -0.4 is 5.32 Å². The van der Waals surface area contributed by atoms with Crippen molar-refractivity contribution in [3.63, 3.8) is 0 Å². The van der Waals surface area contributed by atoms with Crippen LogP contribution in [0.25, 0.3) is 0 Å². The van der Waals surface area contributed by atoms with Crippen LogP contribution >= 0.6 is 0 Å². The zero-order valence-corrected chi connectivity index (χ0v) is 10.6. The monoisotopic (exact) mass is 212 g/mol. The molecule has 0 aliphatic heterocycles. The molecule has 1 fully saturated rings. The van der Waals surface area contributed by atoms with Crippen molar-refractivity contribution in [1.29, 1.82) is 0 Å². The van der Waals surface area contributed by atoms with Gasteiger partial charge in [0.15, 0.2) is 0 Å². The van der Waals surface area contributed by atoms with Gasteiger partial charge in [0.05, 0.1) is 0 Å². The first-order valence-electron chi connectivity index (χ1n) is 6.77. The van der Waals surface area contributed by atoms with E-state index in [4.69, 9.17) is 0 Å². The highest BCUT2D eigenvalue weighted by molar-refractivity contribution is 4.84. The van der Waals surface area contributed by atoms with Gasteiger partial charge in [-0.2, -0.15) is 0 Å². The third-order valence-corrected chi connectivity index (χ3v) is 3.20. The molecule has 0 amide bonds. The first-order chi connectivity index (χ1) is 7.38. The largest absolute Gasteiger partial charge is 0.320 e. The van der Waals surface area contributed by atoms with E-state index in [0.717, 1.165) is 6.04 Å². The Kier molecular flexibility index (Phi) is 7.03. The lowest BCUT2D eigenvalue weighted by molar-refractivity contribution is 0.257. The topological polar surface area (TPSA) is 15.3 Å². The van der Waals surface area contributed by atoms with Crippen molar-refractivity contribution in [3.05, 3.63) is 0 Å². The van der Waals surface area contributed by atoms with Crippen LogP contribution in [0, 0.1) is 0 Å². The molecule has 1 rings (SSSR count). The summed E-state index contributed by atoms with van der Waals surface area (Å²) in [6.45, 7) is 6.14. The Labute approximate surface area is 95.4 Å². The molecule has 0 atom stereocenters. The van der Waals surface area contributed by atoms with Crippen molar-refractivity contribution in [2.75, 3.05) is 26.7 Å². The van der Waals surface area contributed by atoms with Crippen LogP contribution in [0.2, 0.25) is 0 Å². The van der Waals surface area contributed by atoms with Gasteiger partial charge in [0.2, 0.25) is 0 Å². The highest BCUT2D eigenvalue weighted by atomic mass is 15.2. The highest BCUT2D eigenvalue weighted by Gasteiger charge is 2.27. The molecule has 1 saturated carbocycles. The van der Waals surface area contributed by atoms with E-state index in [2.05, 4.69) is 17.1 Å². The van der Waals surface area contributed by atoms with Crippen LogP contribution in [-0.4, -0.2) is 37.6 Å². The predicted molar refractivity (Wildman–Crippen MR) is 67.3 cm³/mol. The van der Waals surface area contributed by atoms with Crippen molar-refractivity contribution in [2.45, 2.75) is 57.9 Å². The third-order valence-electron chi connectivity index (χ3n) is 3.20. The molecule has 90 valence electrons. The molecule has 0 heterocycles. The van der Waals surface area contributed by atoms with E-state index in [9.17, 15) is 0 Å². The van der Waals surface area contributed by atoms with Crippen molar-refractivity contribution in [1.82, 2.24) is 10.2 Å². The molecule has 0 saturated heterocycles. The molecule has 0 bridgehead atoms. The first kappa shape index (κ1) is 13.0. The maximum Gasteiger partial charge on any atom is 0.00964 e. The van der Waals surface area contributed by atoms with Gasteiger partial charge in [-0.3, -0.25) is 0 Å². The summed E-state index contributed by atoms with van der Waals surface area (Å²) in [6, 6.07) is 0.960. The molecule has 0 aromatic rings. The van der Waals surface area contributed by atoms with Gasteiger partial charge < -0.3 is 10.2 Å². The van der Waals surface area contributed by atoms with Crippen LogP contribution in [0.15, 0.2) is 0 Å². The highest BCUT2D eigenvalue weighted by Crippen LogP contribution is 2.27. The standard InChI is InChI=1S/C13H28N2/c1-3-11-15(13-8-9-13)12-7-5-4-6-10-14-2/h13-14H,3-12H2,1-2H3. The summed E-state index contributed by atoms with van der Waals surface area (Å²) in [7, 11) is 2.04. The maximum atomic E-state index is 3.21. The molecule has 1 aliphatic carbocycles. The summed E-state index contributed by atoms with van der Waals surface area (Å²) < 4.78 is 0. The quantitative estimate of drug-likeness (QED) is 0.560. The normalized spacial score (nSPS) is 16.2. The summed E-state index contributed by atoms with van der Waals surface area (Å²) >= 11 is 0. The summed E-state index contributed by atoms with van der Waals surface area (Å²) in [5.41, 5.74) is 0. The first-order valence-corrected chi connectivity index (χ1v) is 6.77. The van der Waals surface area contributed by atoms with Gasteiger partial charge in [-0.05, 0) is 58.8 Å². The molecular formula is C13H28N2. The van der Waals surface area contributed by atoms with E-state index in [-0.39, 0.29) is 0 Å². The number of hydrogen-bond donors (Lipinski definition) is 1. The minimum Gasteiger partial charge on any atom is -0.320 e. The molecule has 1 N–H and O–H groups in total. The fraction of sp³-hybridized carbons (Fsp3) is 1.00. The van der Waals surface area contributed by atoms with E-state index in [1.165, 1.54) is 64.6 Å². The zero-order chi connectivity index (χ0) is 10.9. The van der Waals surface area contributed by atoms with Crippen LogP contribution in [0.4, 0.5) is 0 Å². The smallest absolute Gasteiger partial charge is 0.00964 e. The van der Waals surface area contributed by atoms with Gasteiger partial charge in [-0.25, -0.2) is 0 Å². The summed E-state index contributed by atoms with van der Waals surface area (Å²) in [4.78, 5) is 2.71. The molecule has 0 unspecified atom stereocenters. The Bertz CT molecular complexity index is 143. The molecule has 2 heteroatoms. The second kappa shape index (κ2) is 8.12. The molecular weight excluding hydrogens is 184 g/mol. The maximum absolute atomic E-state index is 3.21. The SMILES string of the molecule is CCCN(CCCCCCNC)C1CC1. The molecule has 1 aliphatic rings. The van der Waals surface area contributed by atoms with Crippen molar-refractivity contribution >= 4 is 0 Å². The van der Waals surface area contributed by atoms with Gasteiger partial charge in [0.25, 0.3) is 0 Å². The summed E-state index contributed by atoms with van der Waals surface area (Å²) in [5, 5.41) is 3.21. The van der Waals surface area contributed by atoms with Gasteiger partial charge in [0.1, 0.15) is 0 Å². The fourth-order valence-corrected chi connectivity index (χ4v) is 2.17. The average Bonchev–Trinajstić information content (AvgIpc) is 3.05. The molecule has 2 nitrogen and oxygen atoms in total. The molecule has 0 radical (unpaired) electrons. The fourth-order valence-electron chi connectivity index (χ4n) is 2.17. The minimum atomic E-state index is 0.960. The number of nitrogens with zero attached hydrogens (tertiary/aromatic N) is 1. The Hall–Kier alpha value is -0.0800. The van der Waals surface area contributed by atoms with Crippen LogP contribution in [0.3, 0.4) is 0 Å². The van der Waals surface area contributed by atoms with Crippen molar-refractivity contribution < 1.29 is 0 Å². The Morgan fingerprint density at radius 2 is 1.80 bits per heavy atom. The van der Waals surface area contributed by atoms with E-state index in [1.807, 2.05) is 7.05 Å². The van der Waals surface area contributed by atoms with Crippen molar-refractivity contribution in [2.24, 2.45) is 0 Å². The summed E-state index contributed by atoms with van der Waals surface area (Å²) in [6.07, 6.45) is 9.78. The molecule has 0 spiro atoms. The summed E-state index contributed by atoms with van der Waals surface area (Å²) in [5.74, 6) is 0. The number of unbranched alkanes of at least 4 members (excludes halogenated alkanes) is 3. The van der Waals surface area contributed by atoms with Crippen LogP contribution in [0.1, 0.15) is 51.9 Å². The molecule has 15 heavy (non-hydrogen) atoms. The second-order valence-electron chi connectivity index (χ2n) is 4.78. The van der Waals surface area contributed by atoms with E-state index >= 15 is 0 Å². The van der Waals surface area contributed by atoms with Crippen LogP contribution in [0.5, 0.6) is 0 Å². The van der Waals surface area contributed by atoms with E-state index < -0.39 is 0 Å². The Morgan fingerprint density at radius 3 is 2.40 bits per heavy atom. The molecule has 0 aromatic heterocycles. The van der Waals surface area contributed by atoms with Gasteiger partial charge in [-0.1, -0.05) is 19.8 Å². The van der Waals surface area contributed by atoms with E-state index in [1.54, 1.807) is 0 Å². The van der Waals surface area contributed by atoms with Gasteiger partial charge in [-0.15, -0.1) is 0 Å². The second-order valence-corrected chi connectivity index (χ2v) is 4.78. The average molecular weight is 212 g/mol. The Balaban J connectivity index is 1.92. The zero-order valence-electron chi connectivity index (χ0n) is 10.6. The van der Waals surface area contributed by atoms with Gasteiger partial charge in [0, 0.05) is 6.04 Å². The number of hydrogen-bond acceptors (Lipinski definition) is 2. The number of rotatable bonds is 10. The lowest BCUT2D eigenvalue weighted by atomic mass is 10.2. The lowest BCUT2D eigenvalue weighted by Gasteiger charge is -2.20. The van der Waals surface area contributed by atoms with Crippen LogP contribution in [-0.2, 0) is 0 Å². The third kappa shape index (κ3) is 6.16. The van der Waals surface area contributed by atoms with E-state index in [0.29, 0.717) is 0 Å². The lowest BCUT2D eigenvalue weighted by Crippen LogP contribution is -2.27. The Morgan fingerprint density at radius 1 is 1.07 bits per heavy atom. The molecule has 0 aromatic carbocycles. The minimum absolute atomic E-state index is 0.960. The predicted octanol–water partition coefficient (Wildman–Crippen LogP) is 2.64.